The molecular weight excluding hydrogens is 280 g/mol. The van der Waals surface area contributed by atoms with Crippen molar-refractivity contribution >= 4 is 11.8 Å². The van der Waals surface area contributed by atoms with Crippen molar-refractivity contribution in [3.05, 3.63) is 5.82 Å². The Balaban J connectivity index is 1.48. The van der Waals surface area contributed by atoms with Crippen LogP contribution in [0.5, 0.6) is 0 Å². The van der Waals surface area contributed by atoms with Gasteiger partial charge < -0.3 is 10.3 Å². The van der Waals surface area contributed by atoms with Crippen LogP contribution in [0.4, 0.5) is 0 Å². The second kappa shape index (κ2) is 5.27. The van der Waals surface area contributed by atoms with Crippen LogP contribution < -0.4 is 5.73 Å². The van der Waals surface area contributed by atoms with Crippen molar-refractivity contribution in [1.82, 2.24) is 14.8 Å². The molecule has 116 valence electrons. The normalized spacial score (nSPS) is 37.3. The quantitative estimate of drug-likeness (QED) is 0.849. The van der Waals surface area contributed by atoms with Gasteiger partial charge in [-0.05, 0) is 68.6 Å². The molecule has 0 amide bonds. The van der Waals surface area contributed by atoms with Gasteiger partial charge in [-0.2, -0.15) is 0 Å². The molecule has 0 saturated heterocycles. The van der Waals surface area contributed by atoms with Crippen molar-refractivity contribution in [1.29, 1.82) is 0 Å². The van der Waals surface area contributed by atoms with E-state index in [0.29, 0.717) is 12.0 Å². The SMILES string of the molecule is CCn1c(CN)nnc1SCC12CC3CC(CC(C3)C1)C2. The van der Waals surface area contributed by atoms with Gasteiger partial charge in [0.2, 0.25) is 0 Å². The van der Waals surface area contributed by atoms with Crippen LogP contribution in [0.2, 0.25) is 0 Å². The minimum Gasteiger partial charge on any atom is -0.324 e. The summed E-state index contributed by atoms with van der Waals surface area (Å²) in [5.41, 5.74) is 6.35. The van der Waals surface area contributed by atoms with Crippen LogP contribution in [0.1, 0.15) is 51.3 Å². The Hall–Kier alpha value is -0.550. The molecule has 4 aliphatic rings. The number of rotatable bonds is 5. The van der Waals surface area contributed by atoms with Gasteiger partial charge in [0.25, 0.3) is 0 Å². The molecule has 5 rings (SSSR count). The minimum absolute atomic E-state index is 0.485. The van der Waals surface area contributed by atoms with Crippen molar-refractivity contribution < 1.29 is 0 Å². The largest absolute Gasteiger partial charge is 0.324 e. The Bertz CT molecular complexity index is 489. The molecule has 4 aliphatic carbocycles. The highest BCUT2D eigenvalue weighted by Crippen LogP contribution is 2.61. The third kappa shape index (κ3) is 2.42. The van der Waals surface area contributed by atoms with Crippen LogP contribution in [0.3, 0.4) is 0 Å². The lowest BCUT2D eigenvalue weighted by atomic mass is 9.50. The van der Waals surface area contributed by atoms with Gasteiger partial charge in [0.1, 0.15) is 5.82 Å². The fourth-order valence-corrected chi connectivity index (χ4v) is 6.86. The number of nitrogens with two attached hydrogens (primary N) is 1. The molecule has 5 heteroatoms. The molecule has 4 bridgehead atoms. The Kier molecular flexibility index (Phi) is 3.53. The summed E-state index contributed by atoms with van der Waals surface area (Å²) in [4.78, 5) is 0. The Morgan fingerprint density at radius 2 is 1.76 bits per heavy atom. The third-order valence-electron chi connectivity index (χ3n) is 5.96. The minimum atomic E-state index is 0.485. The maximum absolute atomic E-state index is 5.75. The number of aromatic nitrogens is 3. The van der Waals surface area contributed by atoms with Gasteiger partial charge in [-0.25, -0.2) is 0 Å². The second-order valence-corrected chi connectivity index (χ2v) is 8.50. The molecule has 2 N–H and O–H groups in total. The molecule has 0 unspecified atom stereocenters. The van der Waals surface area contributed by atoms with Gasteiger partial charge in [0, 0.05) is 12.3 Å². The van der Waals surface area contributed by atoms with Crippen LogP contribution in [-0.2, 0) is 13.1 Å². The highest BCUT2D eigenvalue weighted by Gasteiger charge is 2.50. The molecule has 0 atom stereocenters. The molecule has 1 heterocycles. The first-order valence-corrected chi connectivity index (χ1v) is 9.45. The molecule has 4 nitrogen and oxygen atoms in total. The molecule has 1 aromatic rings. The van der Waals surface area contributed by atoms with Gasteiger partial charge in [-0.1, -0.05) is 11.8 Å². The summed E-state index contributed by atoms with van der Waals surface area (Å²) < 4.78 is 2.19. The second-order valence-electron chi connectivity index (χ2n) is 7.55. The standard InChI is InChI=1S/C16H26N4S/c1-2-20-14(9-17)18-19-15(20)21-10-16-6-11-3-12(7-16)5-13(4-11)8-16/h11-13H,2-10,17H2,1H3. The van der Waals surface area contributed by atoms with Gasteiger partial charge >= 0.3 is 0 Å². The molecule has 21 heavy (non-hydrogen) atoms. The molecule has 0 aromatic carbocycles. The van der Waals surface area contributed by atoms with E-state index in [-0.39, 0.29) is 0 Å². The first kappa shape index (κ1) is 14.1. The third-order valence-corrected chi connectivity index (χ3v) is 7.28. The van der Waals surface area contributed by atoms with Crippen molar-refractivity contribution in [2.24, 2.45) is 28.9 Å². The van der Waals surface area contributed by atoms with Gasteiger partial charge in [0.15, 0.2) is 5.16 Å². The smallest absolute Gasteiger partial charge is 0.191 e. The lowest BCUT2D eigenvalue weighted by Gasteiger charge is -2.56. The van der Waals surface area contributed by atoms with Crippen LogP contribution in [-0.4, -0.2) is 20.5 Å². The van der Waals surface area contributed by atoms with Crippen molar-refractivity contribution in [3.63, 3.8) is 0 Å². The van der Waals surface area contributed by atoms with Crippen LogP contribution in [0.15, 0.2) is 5.16 Å². The summed E-state index contributed by atoms with van der Waals surface area (Å²) >= 11 is 1.93. The number of thioether (sulfide) groups is 1. The maximum atomic E-state index is 5.75. The fraction of sp³-hybridized carbons (Fsp3) is 0.875. The molecule has 0 spiro atoms. The van der Waals surface area contributed by atoms with E-state index in [9.17, 15) is 0 Å². The van der Waals surface area contributed by atoms with E-state index in [1.54, 1.807) is 0 Å². The summed E-state index contributed by atoms with van der Waals surface area (Å²) in [6, 6.07) is 0. The van der Waals surface area contributed by atoms with Crippen molar-refractivity contribution in [2.75, 3.05) is 5.75 Å². The monoisotopic (exact) mass is 306 g/mol. The zero-order valence-corrected chi connectivity index (χ0v) is 13.7. The zero-order valence-electron chi connectivity index (χ0n) is 12.9. The topological polar surface area (TPSA) is 56.7 Å². The Labute approximate surface area is 131 Å². The lowest BCUT2D eigenvalue weighted by molar-refractivity contribution is -0.0382. The van der Waals surface area contributed by atoms with Crippen LogP contribution in [0.25, 0.3) is 0 Å². The highest BCUT2D eigenvalue weighted by atomic mass is 32.2. The lowest BCUT2D eigenvalue weighted by Crippen LogP contribution is -2.47. The predicted molar refractivity (Wildman–Crippen MR) is 84.9 cm³/mol. The molecule has 1 aromatic heterocycles. The molecule has 0 radical (unpaired) electrons. The average Bonchev–Trinajstić information content (AvgIpc) is 2.85. The Morgan fingerprint density at radius 3 is 2.29 bits per heavy atom. The van der Waals surface area contributed by atoms with Gasteiger partial charge in [0.05, 0.1) is 6.54 Å². The van der Waals surface area contributed by atoms with E-state index in [0.717, 1.165) is 35.3 Å². The van der Waals surface area contributed by atoms with E-state index < -0.39 is 0 Å². The van der Waals surface area contributed by atoms with Crippen LogP contribution in [0, 0.1) is 23.2 Å². The fourth-order valence-electron chi connectivity index (χ4n) is 5.58. The molecule has 4 fully saturated rings. The average molecular weight is 306 g/mol. The summed E-state index contributed by atoms with van der Waals surface area (Å²) in [5.74, 6) is 5.24. The summed E-state index contributed by atoms with van der Waals surface area (Å²) in [6.07, 6.45) is 8.97. The zero-order chi connectivity index (χ0) is 14.4. The van der Waals surface area contributed by atoms with Crippen LogP contribution >= 0.6 is 11.8 Å². The molecule has 0 aliphatic heterocycles. The first-order valence-electron chi connectivity index (χ1n) is 8.46. The molecule has 4 saturated carbocycles. The van der Waals surface area contributed by atoms with E-state index in [2.05, 4.69) is 21.7 Å². The molecular formula is C16H26N4S. The summed E-state index contributed by atoms with van der Waals surface area (Å²) in [7, 11) is 0. The summed E-state index contributed by atoms with van der Waals surface area (Å²) in [6.45, 7) is 3.55. The number of hydrogen-bond acceptors (Lipinski definition) is 4. The highest BCUT2D eigenvalue weighted by molar-refractivity contribution is 7.99. The van der Waals surface area contributed by atoms with Crippen molar-refractivity contribution in [2.45, 2.75) is 63.7 Å². The van der Waals surface area contributed by atoms with E-state index in [4.69, 9.17) is 5.73 Å². The van der Waals surface area contributed by atoms with E-state index in [1.165, 1.54) is 44.3 Å². The number of nitrogens with zero attached hydrogens (tertiary/aromatic N) is 3. The van der Waals surface area contributed by atoms with Gasteiger partial charge in [-0.3, -0.25) is 0 Å². The Morgan fingerprint density at radius 1 is 1.14 bits per heavy atom. The predicted octanol–water partition coefficient (Wildman–Crippen LogP) is 3.07. The van der Waals surface area contributed by atoms with E-state index in [1.807, 2.05) is 11.8 Å². The van der Waals surface area contributed by atoms with Crippen molar-refractivity contribution in [3.8, 4) is 0 Å². The number of hydrogen-bond donors (Lipinski definition) is 1. The maximum Gasteiger partial charge on any atom is 0.191 e. The summed E-state index contributed by atoms with van der Waals surface area (Å²) in [5, 5.41) is 9.69. The van der Waals surface area contributed by atoms with E-state index >= 15 is 0 Å². The van der Waals surface area contributed by atoms with Gasteiger partial charge in [-0.15, -0.1) is 10.2 Å². The first-order chi connectivity index (χ1) is 10.2.